The third-order valence-electron chi connectivity index (χ3n) is 3.17. The molecule has 2 N–H and O–H groups in total. The lowest BCUT2D eigenvalue weighted by atomic mass is 10.3. The number of aromatic nitrogens is 3. The van der Waals surface area contributed by atoms with Gasteiger partial charge in [-0.3, -0.25) is 0 Å². The summed E-state index contributed by atoms with van der Waals surface area (Å²) in [6.45, 7) is 5.03. The van der Waals surface area contributed by atoms with Crippen LogP contribution in [-0.4, -0.2) is 45.7 Å². The Labute approximate surface area is 113 Å². The molecule has 0 saturated heterocycles. The van der Waals surface area contributed by atoms with Crippen molar-refractivity contribution in [3.63, 3.8) is 0 Å². The van der Waals surface area contributed by atoms with Gasteiger partial charge in [-0.2, -0.15) is 0 Å². The van der Waals surface area contributed by atoms with E-state index in [4.69, 9.17) is 0 Å². The van der Waals surface area contributed by atoms with E-state index in [1.807, 2.05) is 35.7 Å². The van der Waals surface area contributed by atoms with E-state index in [2.05, 4.69) is 22.2 Å². The van der Waals surface area contributed by atoms with Crippen LogP contribution >= 0.6 is 0 Å². The Morgan fingerprint density at radius 1 is 1.53 bits per heavy atom. The Kier molecular flexibility index (Phi) is 4.21. The molecule has 2 aromatic rings. The Hall–Kier alpha value is -1.82. The number of hydrogen-bond donors (Lipinski definition) is 2. The highest BCUT2D eigenvalue weighted by atomic mass is 16.3. The van der Waals surface area contributed by atoms with Gasteiger partial charge < -0.3 is 19.7 Å². The summed E-state index contributed by atoms with van der Waals surface area (Å²) >= 11 is 0. The van der Waals surface area contributed by atoms with E-state index >= 15 is 0 Å². The van der Waals surface area contributed by atoms with E-state index in [0.717, 1.165) is 30.2 Å². The second kappa shape index (κ2) is 5.88. The Morgan fingerprint density at radius 2 is 2.32 bits per heavy atom. The average molecular weight is 263 g/mol. The van der Waals surface area contributed by atoms with Gasteiger partial charge in [0.15, 0.2) is 11.5 Å². The number of rotatable bonds is 6. The zero-order chi connectivity index (χ0) is 13.8. The van der Waals surface area contributed by atoms with Gasteiger partial charge in [0.05, 0.1) is 18.8 Å². The lowest BCUT2D eigenvalue weighted by molar-refractivity contribution is 0.270. The van der Waals surface area contributed by atoms with Crippen LogP contribution in [0.25, 0.3) is 5.65 Å². The summed E-state index contributed by atoms with van der Waals surface area (Å²) in [6, 6.07) is -0.00516. The van der Waals surface area contributed by atoms with Crippen LogP contribution in [0.1, 0.15) is 20.3 Å². The maximum Gasteiger partial charge on any atom is 0.180 e. The summed E-state index contributed by atoms with van der Waals surface area (Å²) in [6.07, 6.45) is 6.62. The van der Waals surface area contributed by atoms with Crippen molar-refractivity contribution in [2.75, 3.05) is 30.4 Å². The van der Waals surface area contributed by atoms with Crippen molar-refractivity contribution in [1.29, 1.82) is 0 Å². The van der Waals surface area contributed by atoms with Crippen molar-refractivity contribution in [1.82, 2.24) is 14.4 Å². The highest BCUT2D eigenvalue weighted by Crippen LogP contribution is 2.21. The van der Waals surface area contributed by atoms with Crippen LogP contribution in [0.15, 0.2) is 18.6 Å². The number of nitrogens with zero attached hydrogens (tertiary/aromatic N) is 4. The highest BCUT2D eigenvalue weighted by Gasteiger charge is 2.16. The van der Waals surface area contributed by atoms with E-state index in [-0.39, 0.29) is 12.6 Å². The van der Waals surface area contributed by atoms with Gasteiger partial charge in [-0.05, 0) is 13.3 Å². The molecule has 0 aliphatic heterocycles. The van der Waals surface area contributed by atoms with E-state index in [1.165, 1.54) is 0 Å². The van der Waals surface area contributed by atoms with Gasteiger partial charge in [0, 0.05) is 26.0 Å². The molecular weight excluding hydrogens is 242 g/mol. The van der Waals surface area contributed by atoms with E-state index < -0.39 is 0 Å². The van der Waals surface area contributed by atoms with Crippen LogP contribution in [0.5, 0.6) is 0 Å². The van der Waals surface area contributed by atoms with Crippen molar-refractivity contribution in [3.05, 3.63) is 18.6 Å². The molecule has 0 spiro atoms. The zero-order valence-electron chi connectivity index (χ0n) is 11.7. The molecule has 0 aromatic carbocycles. The Bertz CT molecular complexity index is 539. The molecule has 1 unspecified atom stereocenters. The van der Waals surface area contributed by atoms with Crippen LogP contribution in [0.4, 0.5) is 11.6 Å². The van der Waals surface area contributed by atoms with Gasteiger partial charge >= 0.3 is 0 Å². The second-order valence-corrected chi connectivity index (χ2v) is 4.68. The number of anilines is 2. The van der Waals surface area contributed by atoms with Crippen LogP contribution in [0, 0.1) is 0 Å². The molecule has 0 aliphatic rings. The molecule has 6 heteroatoms. The minimum atomic E-state index is -0.00516. The van der Waals surface area contributed by atoms with Crippen LogP contribution in [0.2, 0.25) is 0 Å². The standard InChI is InChI=1S/C13H21N5O/c1-4-5-14-11-8-18-7-6-15-12(18)13(16-11)17(3)10(2)9-19/h6-8,10,14,19H,4-5,9H2,1-3H3. The smallest absolute Gasteiger partial charge is 0.180 e. The maximum absolute atomic E-state index is 9.29. The first-order valence-corrected chi connectivity index (χ1v) is 6.58. The number of hydrogen-bond acceptors (Lipinski definition) is 5. The summed E-state index contributed by atoms with van der Waals surface area (Å²) < 4.78 is 1.95. The van der Waals surface area contributed by atoms with E-state index in [0.29, 0.717) is 0 Å². The van der Waals surface area contributed by atoms with Gasteiger partial charge in [-0.1, -0.05) is 6.92 Å². The molecule has 6 nitrogen and oxygen atoms in total. The number of imidazole rings is 1. The van der Waals surface area contributed by atoms with Crippen molar-refractivity contribution in [2.45, 2.75) is 26.3 Å². The van der Waals surface area contributed by atoms with Crippen molar-refractivity contribution in [2.24, 2.45) is 0 Å². The van der Waals surface area contributed by atoms with E-state index in [1.54, 1.807) is 6.20 Å². The molecule has 1 atom stereocenters. The number of aliphatic hydroxyl groups is 1. The first-order valence-electron chi connectivity index (χ1n) is 6.58. The number of nitrogens with one attached hydrogen (secondary N) is 1. The number of aliphatic hydroxyl groups excluding tert-OH is 1. The molecule has 2 rings (SSSR count). The Balaban J connectivity index is 2.41. The third-order valence-corrected chi connectivity index (χ3v) is 3.17. The summed E-state index contributed by atoms with van der Waals surface area (Å²) in [5, 5.41) is 12.6. The van der Waals surface area contributed by atoms with Crippen molar-refractivity contribution < 1.29 is 5.11 Å². The minimum absolute atomic E-state index is 0.00516. The Morgan fingerprint density at radius 3 is 3.00 bits per heavy atom. The number of likely N-dealkylation sites (N-methyl/N-ethyl adjacent to an activating group) is 1. The monoisotopic (exact) mass is 263 g/mol. The minimum Gasteiger partial charge on any atom is -0.394 e. The highest BCUT2D eigenvalue weighted by molar-refractivity contribution is 5.66. The molecule has 0 radical (unpaired) electrons. The molecule has 0 saturated carbocycles. The second-order valence-electron chi connectivity index (χ2n) is 4.68. The molecule has 0 bridgehead atoms. The lowest BCUT2D eigenvalue weighted by Crippen LogP contribution is -2.33. The van der Waals surface area contributed by atoms with Crippen LogP contribution < -0.4 is 10.2 Å². The number of fused-ring (bicyclic) bond motifs is 1. The van der Waals surface area contributed by atoms with Crippen molar-refractivity contribution in [3.8, 4) is 0 Å². The molecule has 0 amide bonds. The lowest BCUT2D eigenvalue weighted by Gasteiger charge is -2.25. The predicted octanol–water partition coefficient (Wildman–Crippen LogP) is 1.37. The summed E-state index contributed by atoms with van der Waals surface area (Å²) in [7, 11) is 1.92. The first kappa shape index (κ1) is 13.6. The molecule has 2 heterocycles. The predicted molar refractivity (Wildman–Crippen MR) is 76.7 cm³/mol. The molecule has 2 aromatic heterocycles. The average Bonchev–Trinajstić information content (AvgIpc) is 2.90. The molecule has 19 heavy (non-hydrogen) atoms. The van der Waals surface area contributed by atoms with Gasteiger partial charge in [0.2, 0.25) is 0 Å². The van der Waals surface area contributed by atoms with Gasteiger partial charge in [-0.25, -0.2) is 9.97 Å². The fourth-order valence-electron chi connectivity index (χ4n) is 1.82. The largest absolute Gasteiger partial charge is 0.394 e. The summed E-state index contributed by atoms with van der Waals surface area (Å²) in [5.74, 6) is 1.59. The van der Waals surface area contributed by atoms with Crippen LogP contribution in [0.3, 0.4) is 0 Å². The quantitative estimate of drug-likeness (QED) is 0.824. The summed E-state index contributed by atoms with van der Waals surface area (Å²) in [5.41, 5.74) is 0.796. The van der Waals surface area contributed by atoms with Gasteiger partial charge in [-0.15, -0.1) is 0 Å². The normalized spacial score (nSPS) is 12.6. The van der Waals surface area contributed by atoms with Crippen LogP contribution in [-0.2, 0) is 0 Å². The molecule has 0 aliphatic carbocycles. The molecule has 0 fully saturated rings. The fraction of sp³-hybridized carbons (Fsp3) is 0.538. The third kappa shape index (κ3) is 2.78. The van der Waals surface area contributed by atoms with Gasteiger partial charge in [0.1, 0.15) is 5.82 Å². The molecular formula is C13H21N5O. The fourth-order valence-corrected chi connectivity index (χ4v) is 1.82. The topological polar surface area (TPSA) is 65.7 Å². The first-order chi connectivity index (χ1) is 9.17. The summed E-state index contributed by atoms with van der Waals surface area (Å²) in [4.78, 5) is 10.9. The maximum atomic E-state index is 9.29. The van der Waals surface area contributed by atoms with Gasteiger partial charge in [0.25, 0.3) is 0 Å². The molecule has 104 valence electrons. The SMILES string of the molecule is CCCNc1cn2ccnc2c(N(C)C(C)CO)n1. The van der Waals surface area contributed by atoms with E-state index in [9.17, 15) is 5.11 Å². The van der Waals surface area contributed by atoms with Crippen molar-refractivity contribution >= 4 is 17.3 Å². The zero-order valence-corrected chi connectivity index (χ0v) is 11.7.